The third-order valence-electron chi connectivity index (χ3n) is 2.85. The Morgan fingerprint density at radius 1 is 1.38 bits per heavy atom. The highest BCUT2D eigenvalue weighted by Crippen LogP contribution is 2.31. The van der Waals surface area contributed by atoms with Crippen molar-refractivity contribution in [2.24, 2.45) is 0 Å². The Balaban J connectivity index is 2.24. The summed E-state index contributed by atoms with van der Waals surface area (Å²) in [7, 11) is 1.64. The molecule has 0 heterocycles. The van der Waals surface area contributed by atoms with Gasteiger partial charge in [-0.25, -0.2) is 0 Å². The lowest BCUT2D eigenvalue weighted by molar-refractivity contribution is -0.384. The summed E-state index contributed by atoms with van der Waals surface area (Å²) < 4.78 is 6.49. The van der Waals surface area contributed by atoms with E-state index in [1.165, 1.54) is 6.07 Å². The molecule has 0 fully saturated rings. The van der Waals surface area contributed by atoms with E-state index in [-0.39, 0.29) is 12.3 Å². The van der Waals surface area contributed by atoms with Gasteiger partial charge in [-0.2, -0.15) is 0 Å². The minimum Gasteiger partial charge on any atom is -0.487 e. The predicted molar refractivity (Wildman–Crippen MR) is 86.1 cm³/mol. The Labute approximate surface area is 135 Å². The van der Waals surface area contributed by atoms with Gasteiger partial charge in [-0.15, -0.1) is 0 Å². The Bertz CT molecular complexity index is 679. The lowest BCUT2D eigenvalue weighted by atomic mass is 10.1. The van der Waals surface area contributed by atoms with Crippen LogP contribution < -0.4 is 10.1 Å². The molecule has 0 amide bonds. The third kappa shape index (κ3) is 3.65. The van der Waals surface area contributed by atoms with E-state index in [0.29, 0.717) is 22.0 Å². The van der Waals surface area contributed by atoms with Crippen LogP contribution in [0.2, 0.25) is 5.02 Å². The first-order valence-corrected chi connectivity index (χ1v) is 7.22. The Morgan fingerprint density at radius 2 is 2.14 bits per heavy atom. The van der Waals surface area contributed by atoms with Crippen molar-refractivity contribution in [1.82, 2.24) is 0 Å². The van der Waals surface area contributed by atoms with Crippen molar-refractivity contribution in [1.29, 1.82) is 0 Å². The molecule has 2 rings (SSSR count). The van der Waals surface area contributed by atoms with Crippen LogP contribution >= 0.6 is 27.5 Å². The van der Waals surface area contributed by atoms with E-state index in [9.17, 15) is 10.1 Å². The number of ether oxygens (including phenoxy) is 1. The number of nitro benzene ring substituents is 1. The fraction of sp³-hybridized carbons (Fsp3) is 0.143. The van der Waals surface area contributed by atoms with Crippen molar-refractivity contribution in [3.8, 4) is 5.75 Å². The van der Waals surface area contributed by atoms with Gasteiger partial charge in [-0.1, -0.05) is 39.7 Å². The lowest BCUT2D eigenvalue weighted by Crippen LogP contribution is -2.04. The number of hydrogen-bond donors (Lipinski definition) is 1. The first-order valence-electron chi connectivity index (χ1n) is 6.05. The summed E-state index contributed by atoms with van der Waals surface area (Å²) in [6.07, 6.45) is 0. The summed E-state index contributed by atoms with van der Waals surface area (Å²) in [4.78, 5) is 10.6. The zero-order chi connectivity index (χ0) is 15.4. The molecular formula is C14H12BrClN2O3. The van der Waals surface area contributed by atoms with E-state index in [1.807, 2.05) is 6.07 Å². The summed E-state index contributed by atoms with van der Waals surface area (Å²) in [6, 6.07) is 10.1. The fourth-order valence-electron chi connectivity index (χ4n) is 1.90. The van der Waals surface area contributed by atoms with Gasteiger partial charge in [0.05, 0.1) is 9.95 Å². The highest BCUT2D eigenvalue weighted by molar-refractivity contribution is 9.10. The van der Waals surface area contributed by atoms with Crippen LogP contribution in [0.5, 0.6) is 5.75 Å². The quantitative estimate of drug-likeness (QED) is 0.614. The molecule has 0 saturated heterocycles. The summed E-state index contributed by atoms with van der Waals surface area (Å²) in [5.74, 6) is 0.522. The van der Waals surface area contributed by atoms with Crippen molar-refractivity contribution in [3.05, 3.63) is 61.6 Å². The topological polar surface area (TPSA) is 64.4 Å². The molecule has 2 aromatic rings. The van der Waals surface area contributed by atoms with Gasteiger partial charge in [-0.3, -0.25) is 10.1 Å². The van der Waals surface area contributed by atoms with Crippen LogP contribution in [0.3, 0.4) is 0 Å². The third-order valence-corrected chi connectivity index (χ3v) is 3.64. The molecule has 0 radical (unpaired) electrons. The fourth-order valence-corrected chi connectivity index (χ4v) is 2.62. The van der Waals surface area contributed by atoms with E-state index in [2.05, 4.69) is 21.2 Å². The maximum atomic E-state index is 11.0. The molecule has 0 aliphatic rings. The molecular weight excluding hydrogens is 360 g/mol. The van der Waals surface area contributed by atoms with Gasteiger partial charge in [-0.05, 0) is 18.2 Å². The van der Waals surface area contributed by atoms with E-state index in [1.54, 1.807) is 31.3 Å². The number of nitrogens with zero attached hydrogens (tertiary/aromatic N) is 1. The summed E-state index contributed by atoms with van der Waals surface area (Å²) in [5.41, 5.74) is 1.14. The smallest absolute Gasteiger partial charge is 0.292 e. The van der Waals surface area contributed by atoms with Crippen LogP contribution in [-0.2, 0) is 6.61 Å². The average molecular weight is 372 g/mol. The molecule has 0 aliphatic heterocycles. The van der Waals surface area contributed by atoms with E-state index in [4.69, 9.17) is 16.3 Å². The zero-order valence-corrected chi connectivity index (χ0v) is 13.4. The molecule has 7 heteroatoms. The molecule has 5 nitrogen and oxygen atoms in total. The second-order valence-corrected chi connectivity index (χ2v) is 5.50. The average Bonchev–Trinajstić information content (AvgIpc) is 2.45. The first-order chi connectivity index (χ1) is 10.0. The monoisotopic (exact) mass is 370 g/mol. The van der Waals surface area contributed by atoms with Crippen LogP contribution in [0.15, 0.2) is 40.9 Å². The second kappa shape index (κ2) is 6.78. The number of nitrogens with one attached hydrogen (secondary N) is 1. The van der Waals surface area contributed by atoms with E-state index >= 15 is 0 Å². The van der Waals surface area contributed by atoms with Crippen LogP contribution in [0.1, 0.15) is 5.56 Å². The normalized spacial score (nSPS) is 10.2. The molecule has 2 aromatic carbocycles. The molecule has 0 unspecified atom stereocenters. The molecule has 0 bridgehead atoms. The van der Waals surface area contributed by atoms with Crippen LogP contribution in [0.4, 0.5) is 11.4 Å². The van der Waals surface area contributed by atoms with Crippen molar-refractivity contribution >= 4 is 38.9 Å². The van der Waals surface area contributed by atoms with Crippen molar-refractivity contribution < 1.29 is 9.66 Å². The number of hydrogen-bond acceptors (Lipinski definition) is 4. The second-order valence-electron chi connectivity index (χ2n) is 4.18. The lowest BCUT2D eigenvalue weighted by Gasteiger charge is -2.12. The number of rotatable bonds is 5. The summed E-state index contributed by atoms with van der Waals surface area (Å²) >= 11 is 9.39. The Hall–Kier alpha value is -1.79. The van der Waals surface area contributed by atoms with E-state index < -0.39 is 4.92 Å². The minimum atomic E-state index is -0.429. The highest BCUT2D eigenvalue weighted by atomic mass is 79.9. The number of para-hydroxylation sites is 1. The summed E-state index contributed by atoms with van der Waals surface area (Å²) in [6.45, 7) is 0.180. The summed E-state index contributed by atoms with van der Waals surface area (Å²) in [5, 5.41) is 14.3. The maximum absolute atomic E-state index is 11.0. The van der Waals surface area contributed by atoms with Crippen LogP contribution in [0, 0.1) is 10.1 Å². The standard InChI is InChI=1S/C14H12BrClN2O3/c1-17-14-9(3-2-4-12(14)18(19)20)8-21-13-6-5-10(15)7-11(13)16/h2-7,17H,8H2,1H3. The van der Waals surface area contributed by atoms with Gasteiger partial charge in [0.15, 0.2) is 0 Å². The minimum absolute atomic E-state index is 0.0144. The number of benzene rings is 2. The number of anilines is 1. The van der Waals surface area contributed by atoms with Gasteiger partial charge < -0.3 is 10.1 Å². The van der Waals surface area contributed by atoms with Gasteiger partial charge in [0.1, 0.15) is 18.0 Å². The van der Waals surface area contributed by atoms with Crippen LogP contribution in [-0.4, -0.2) is 12.0 Å². The van der Waals surface area contributed by atoms with E-state index in [0.717, 1.165) is 4.47 Å². The van der Waals surface area contributed by atoms with Gasteiger partial charge in [0.2, 0.25) is 0 Å². The molecule has 0 aliphatic carbocycles. The Kier molecular flexibility index (Phi) is 5.03. The molecule has 21 heavy (non-hydrogen) atoms. The van der Waals surface area contributed by atoms with Crippen molar-refractivity contribution in [2.75, 3.05) is 12.4 Å². The molecule has 110 valence electrons. The zero-order valence-electron chi connectivity index (χ0n) is 11.1. The number of nitro groups is 1. The molecule has 0 spiro atoms. The maximum Gasteiger partial charge on any atom is 0.292 e. The number of halogens is 2. The largest absolute Gasteiger partial charge is 0.487 e. The Morgan fingerprint density at radius 3 is 2.76 bits per heavy atom. The first kappa shape index (κ1) is 15.6. The van der Waals surface area contributed by atoms with Gasteiger partial charge in [0.25, 0.3) is 5.69 Å². The van der Waals surface area contributed by atoms with Gasteiger partial charge in [0, 0.05) is 23.2 Å². The predicted octanol–water partition coefficient (Wildman–Crippen LogP) is 4.63. The molecule has 0 saturated carbocycles. The van der Waals surface area contributed by atoms with Crippen molar-refractivity contribution in [3.63, 3.8) is 0 Å². The molecule has 0 aromatic heterocycles. The van der Waals surface area contributed by atoms with Crippen LogP contribution in [0.25, 0.3) is 0 Å². The highest BCUT2D eigenvalue weighted by Gasteiger charge is 2.16. The SMILES string of the molecule is CNc1c(COc2ccc(Br)cc2Cl)cccc1[N+](=O)[O-]. The molecule has 0 atom stereocenters. The van der Waals surface area contributed by atoms with Gasteiger partial charge >= 0.3 is 0 Å². The molecule has 1 N–H and O–H groups in total. The van der Waals surface area contributed by atoms with Crippen molar-refractivity contribution in [2.45, 2.75) is 6.61 Å².